The minimum Gasteiger partial charge on any atom is -0.394 e. The zero-order chi connectivity index (χ0) is 54.8. The molecule has 3 aliphatic rings. The highest BCUT2D eigenvalue weighted by atomic mass is 16.8. The number of amides is 1. The molecule has 3 aliphatic heterocycles. The number of aliphatic hydroxyl groups excluding tert-OH is 11. The SMILES string of the molecule is CCCC/C=C\C/C=C\CCCCCCCC(=O)NC(COC1OC(CO)C(OC2OC(CO)C(OC3OC(CO)C(O)C(O)C3O)C(O)C2O)C(O)C1O)C(O)CCCCCCCCCCCCCCCCCC. The van der Waals surface area contributed by atoms with Gasteiger partial charge in [0.05, 0.1) is 38.6 Å². The molecule has 17 atom stereocenters. The normalized spacial score (nSPS) is 31.3. The van der Waals surface area contributed by atoms with Crippen LogP contribution < -0.4 is 5.32 Å². The molecule has 0 spiro atoms. The predicted octanol–water partition coefficient (Wildman–Crippen LogP) is 4.37. The molecule has 19 heteroatoms. The van der Waals surface area contributed by atoms with E-state index in [0.29, 0.717) is 12.8 Å². The third-order valence-electron chi connectivity index (χ3n) is 14.8. The fourth-order valence-electron chi connectivity index (χ4n) is 9.92. The average molecular weight is 1080 g/mol. The Morgan fingerprint density at radius 2 is 0.893 bits per heavy atom. The average Bonchev–Trinajstić information content (AvgIpc) is 3.41. The van der Waals surface area contributed by atoms with Crippen molar-refractivity contribution in [3.63, 3.8) is 0 Å². The minimum atomic E-state index is -1.97. The van der Waals surface area contributed by atoms with Gasteiger partial charge in [0.25, 0.3) is 0 Å². The summed E-state index contributed by atoms with van der Waals surface area (Å²) in [5, 5.41) is 120. The van der Waals surface area contributed by atoms with E-state index in [2.05, 4.69) is 43.5 Å². The number of allylic oxidation sites excluding steroid dienone is 4. The maximum Gasteiger partial charge on any atom is 0.220 e. The van der Waals surface area contributed by atoms with Crippen molar-refractivity contribution < 1.29 is 89.4 Å². The van der Waals surface area contributed by atoms with Crippen LogP contribution in [0.15, 0.2) is 24.3 Å². The number of rotatable bonds is 42. The van der Waals surface area contributed by atoms with Crippen molar-refractivity contribution in [1.29, 1.82) is 0 Å². The van der Waals surface area contributed by atoms with Gasteiger partial charge in [-0.05, 0) is 38.5 Å². The van der Waals surface area contributed by atoms with Crippen LogP contribution in [-0.2, 0) is 33.2 Å². The van der Waals surface area contributed by atoms with Crippen molar-refractivity contribution in [2.24, 2.45) is 0 Å². The van der Waals surface area contributed by atoms with Crippen molar-refractivity contribution in [3.05, 3.63) is 24.3 Å². The molecule has 0 bridgehead atoms. The van der Waals surface area contributed by atoms with Gasteiger partial charge in [0, 0.05) is 6.42 Å². The van der Waals surface area contributed by atoms with E-state index in [0.717, 1.165) is 70.6 Å². The lowest BCUT2D eigenvalue weighted by atomic mass is 9.96. The van der Waals surface area contributed by atoms with Gasteiger partial charge >= 0.3 is 0 Å². The molecular formula is C56H103NO18. The van der Waals surface area contributed by atoms with Gasteiger partial charge in [0.1, 0.15) is 73.2 Å². The van der Waals surface area contributed by atoms with Crippen LogP contribution in [0.1, 0.15) is 194 Å². The third kappa shape index (κ3) is 25.1. The molecule has 0 saturated carbocycles. The van der Waals surface area contributed by atoms with Gasteiger partial charge in [-0.25, -0.2) is 0 Å². The lowest BCUT2D eigenvalue weighted by Crippen LogP contribution is -2.66. The van der Waals surface area contributed by atoms with E-state index in [1.165, 1.54) is 89.9 Å². The Hall–Kier alpha value is -1.73. The molecule has 0 aliphatic carbocycles. The Labute approximate surface area is 448 Å². The lowest BCUT2D eigenvalue weighted by molar-refractivity contribution is -0.379. The first kappa shape index (κ1) is 67.5. The molecule has 3 heterocycles. The molecule has 0 radical (unpaired) electrons. The van der Waals surface area contributed by atoms with E-state index in [1.807, 2.05) is 0 Å². The summed E-state index contributed by atoms with van der Waals surface area (Å²) in [6, 6.07) is -0.891. The van der Waals surface area contributed by atoms with Gasteiger partial charge in [-0.15, -0.1) is 0 Å². The van der Waals surface area contributed by atoms with Crippen molar-refractivity contribution in [3.8, 4) is 0 Å². The van der Waals surface area contributed by atoms with Gasteiger partial charge in [-0.2, -0.15) is 0 Å². The molecule has 0 aromatic rings. The molecular weight excluding hydrogens is 975 g/mol. The zero-order valence-corrected chi connectivity index (χ0v) is 45.5. The Bertz CT molecular complexity index is 1480. The van der Waals surface area contributed by atoms with Crippen LogP contribution in [-0.4, -0.2) is 193 Å². The van der Waals surface area contributed by atoms with Gasteiger partial charge in [-0.3, -0.25) is 4.79 Å². The van der Waals surface area contributed by atoms with Crippen LogP contribution >= 0.6 is 0 Å². The zero-order valence-electron chi connectivity index (χ0n) is 45.5. The molecule has 19 nitrogen and oxygen atoms in total. The molecule has 0 aromatic heterocycles. The second-order valence-electron chi connectivity index (χ2n) is 21.1. The molecule has 0 aromatic carbocycles. The molecule has 3 rings (SSSR count). The summed E-state index contributed by atoms with van der Waals surface area (Å²) in [6.07, 6.45) is 12.6. The van der Waals surface area contributed by atoms with Crippen LogP contribution in [0.25, 0.3) is 0 Å². The number of aliphatic hydroxyl groups is 11. The molecule has 1 amide bonds. The summed E-state index contributed by atoms with van der Waals surface area (Å²) in [5.41, 5.74) is 0. The number of ether oxygens (including phenoxy) is 6. The van der Waals surface area contributed by atoms with Gasteiger partial charge < -0.3 is 89.9 Å². The topological polar surface area (TPSA) is 307 Å². The summed E-state index contributed by atoms with van der Waals surface area (Å²) in [7, 11) is 0. The second-order valence-corrected chi connectivity index (χ2v) is 21.1. The highest BCUT2D eigenvalue weighted by Gasteiger charge is 2.53. The summed E-state index contributed by atoms with van der Waals surface area (Å²) >= 11 is 0. The van der Waals surface area contributed by atoms with E-state index in [1.54, 1.807) is 0 Å². The summed E-state index contributed by atoms with van der Waals surface area (Å²) in [5.74, 6) is -0.258. The number of hydrogen-bond acceptors (Lipinski definition) is 18. The Morgan fingerprint density at radius 1 is 0.480 bits per heavy atom. The smallest absolute Gasteiger partial charge is 0.220 e. The number of unbranched alkanes of at least 4 members (excludes halogenated alkanes) is 22. The quantitative estimate of drug-likeness (QED) is 0.0298. The Morgan fingerprint density at radius 3 is 1.40 bits per heavy atom. The van der Waals surface area contributed by atoms with Crippen molar-refractivity contribution >= 4 is 5.91 Å². The van der Waals surface area contributed by atoms with Crippen LogP contribution in [0.5, 0.6) is 0 Å². The molecule has 12 N–H and O–H groups in total. The lowest BCUT2D eigenvalue weighted by Gasteiger charge is -2.48. The van der Waals surface area contributed by atoms with Gasteiger partial charge in [-0.1, -0.05) is 173 Å². The van der Waals surface area contributed by atoms with Gasteiger partial charge in [0.15, 0.2) is 18.9 Å². The number of carbonyl (C=O) groups excluding carboxylic acids is 1. The van der Waals surface area contributed by atoms with Crippen LogP contribution in [0.2, 0.25) is 0 Å². The Balaban J connectivity index is 1.52. The molecule has 75 heavy (non-hydrogen) atoms. The molecule has 440 valence electrons. The first-order chi connectivity index (χ1) is 36.3. The summed E-state index contributed by atoms with van der Waals surface area (Å²) in [4.78, 5) is 13.3. The maximum atomic E-state index is 13.3. The molecule has 3 fully saturated rings. The van der Waals surface area contributed by atoms with Crippen molar-refractivity contribution in [1.82, 2.24) is 5.32 Å². The number of hydrogen-bond donors (Lipinski definition) is 12. The van der Waals surface area contributed by atoms with Crippen LogP contribution in [0, 0.1) is 0 Å². The van der Waals surface area contributed by atoms with Crippen molar-refractivity contribution in [2.75, 3.05) is 26.4 Å². The van der Waals surface area contributed by atoms with E-state index >= 15 is 0 Å². The number of nitrogens with one attached hydrogen (secondary N) is 1. The Kier molecular flexibility index (Phi) is 36.4. The fourth-order valence-corrected chi connectivity index (χ4v) is 9.92. The predicted molar refractivity (Wildman–Crippen MR) is 282 cm³/mol. The monoisotopic (exact) mass is 1080 g/mol. The molecule has 3 saturated heterocycles. The largest absolute Gasteiger partial charge is 0.394 e. The minimum absolute atomic E-state index is 0.251. The van der Waals surface area contributed by atoms with E-state index in [4.69, 9.17) is 28.4 Å². The van der Waals surface area contributed by atoms with Crippen molar-refractivity contribution in [2.45, 2.75) is 298 Å². The van der Waals surface area contributed by atoms with E-state index in [-0.39, 0.29) is 18.9 Å². The fraction of sp³-hybridized carbons (Fsp3) is 0.911. The third-order valence-corrected chi connectivity index (χ3v) is 14.8. The summed E-state index contributed by atoms with van der Waals surface area (Å²) < 4.78 is 34.3. The van der Waals surface area contributed by atoms with E-state index < -0.39 is 124 Å². The highest BCUT2D eigenvalue weighted by Crippen LogP contribution is 2.33. The van der Waals surface area contributed by atoms with E-state index in [9.17, 15) is 61.0 Å². The van der Waals surface area contributed by atoms with Crippen LogP contribution in [0.3, 0.4) is 0 Å². The second kappa shape index (κ2) is 40.4. The van der Waals surface area contributed by atoms with Gasteiger partial charge in [0.2, 0.25) is 5.91 Å². The molecule has 17 unspecified atom stereocenters. The first-order valence-corrected chi connectivity index (χ1v) is 29.1. The standard InChI is InChI=1S/C56H103NO18/c1-3-5-7-9-11-13-15-17-19-20-21-23-25-27-29-31-33-40(61)39(57-44(62)34-32-30-28-26-24-22-18-16-14-12-10-8-6-4-2)38-70-54-50(68)47(65)52(42(36-59)72-54)75-56-51(69)48(66)53(43(37-60)73-56)74-55-49(67)46(64)45(63)41(35-58)71-55/h10,12,16,18,39-43,45-56,58-61,63-69H,3-9,11,13-15,17,19-38H2,1-2H3,(H,57,62)/b12-10-,18-16-. The number of carbonyl (C=O) groups is 1. The highest BCUT2D eigenvalue weighted by molar-refractivity contribution is 5.76. The first-order valence-electron chi connectivity index (χ1n) is 29.1. The maximum absolute atomic E-state index is 13.3. The van der Waals surface area contributed by atoms with Crippen LogP contribution in [0.4, 0.5) is 0 Å². The summed E-state index contributed by atoms with van der Waals surface area (Å²) in [6.45, 7) is 1.73.